The lowest BCUT2D eigenvalue weighted by atomic mass is 10.1. The van der Waals surface area contributed by atoms with E-state index in [2.05, 4.69) is 20.1 Å². The number of carbonyl (C=O) groups excluding carboxylic acids is 1. The van der Waals surface area contributed by atoms with Crippen molar-refractivity contribution in [2.75, 3.05) is 12.4 Å². The van der Waals surface area contributed by atoms with Crippen molar-refractivity contribution >= 4 is 21.6 Å². The van der Waals surface area contributed by atoms with Gasteiger partial charge in [-0.25, -0.2) is 22.8 Å². The maximum Gasteiger partial charge on any atom is 0.241 e. The Kier molecular flexibility index (Phi) is 5.95. The summed E-state index contributed by atoms with van der Waals surface area (Å²) < 4.78 is 35.1. The standard InChI is InChI=1S/C19H21N5O4S/c1-13(15-4-6-16(7-5-15)24-12-20-11-21-24)23-29(26,27)17-8-9-19(28-3)18(10-17)22-14(2)25/h4-13,23H,1-3H3,(H,22,25)/t13-/m0/s1. The molecule has 0 aliphatic carbocycles. The fraction of sp³-hybridized carbons (Fsp3) is 0.211. The molecule has 0 saturated carbocycles. The van der Waals surface area contributed by atoms with Crippen LogP contribution in [0, 0.1) is 0 Å². The number of amides is 1. The largest absolute Gasteiger partial charge is 0.495 e. The Morgan fingerprint density at radius 1 is 1.17 bits per heavy atom. The zero-order valence-corrected chi connectivity index (χ0v) is 17.0. The van der Waals surface area contributed by atoms with Crippen molar-refractivity contribution in [3.63, 3.8) is 0 Å². The molecule has 0 saturated heterocycles. The van der Waals surface area contributed by atoms with E-state index >= 15 is 0 Å². The molecule has 9 nitrogen and oxygen atoms in total. The topological polar surface area (TPSA) is 115 Å². The molecule has 0 radical (unpaired) electrons. The summed E-state index contributed by atoms with van der Waals surface area (Å²) in [5, 5.41) is 6.63. The lowest BCUT2D eigenvalue weighted by molar-refractivity contribution is -0.114. The summed E-state index contributed by atoms with van der Waals surface area (Å²) >= 11 is 0. The van der Waals surface area contributed by atoms with E-state index in [4.69, 9.17) is 4.74 Å². The lowest BCUT2D eigenvalue weighted by Gasteiger charge is -2.16. The average molecular weight is 415 g/mol. The van der Waals surface area contributed by atoms with Crippen LogP contribution in [0.3, 0.4) is 0 Å². The van der Waals surface area contributed by atoms with E-state index in [1.165, 1.54) is 38.6 Å². The van der Waals surface area contributed by atoms with E-state index in [1.54, 1.807) is 17.9 Å². The summed E-state index contributed by atoms with van der Waals surface area (Å²) in [6, 6.07) is 11.1. The quantitative estimate of drug-likeness (QED) is 0.612. The minimum absolute atomic E-state index is 0.0214. The Labute approximate surface area is 168 Å². The van der Waals surface area contributed by atoms with E-state index in [-0.39, 0.29) is 16.5 Å². The van der Waals surface area contributed by atoms with E-state index < -0.39 is 16.1 Å². The minimum atomic E-state index is -3.83. The first-order valence-electron chi connectivity index (χ1n) is 8.73. The van der Waals surface area contributed by atoms with Gasteiger partial charge >= 0.3 is 0 Å². The van der Waals surface area contributed by atoms with Crippen LogP contribution in [-0.2, 0) is 14.8 Å². The number of hydrogen-bond acceptors (Lipinski definition) is 6. The Morgan fingerprint density at radius 2 is 1.90 bits per heavy atom. The molecule has 152 valence electrons. The van der Waals surface area contributed by atoms with Gasteiger partial charge in [0.05, 0.1) is 23.4 Å². The van der Waals surface area contributed by atoms with Gasteiger partial charge < -0.3 is 10.1 Å². The molecule has 3 rings (SSSR count). The summed E-state index contributed by atoms with van der Waals surface area (Å²) in [5.41, 5.74) is 1.89. The maximum atomic E-state index is 12.8. The van der Waals surface area contributed by atoms with Gasteiger partial charge in [-0.3, -0.25) is 4.79 Å². The third-order valence-electron chi connectivity index (χ3n) is 4.20. The lowest BCUT2D eigenvalue weighted by Crippen LogP contribution is -2.27. The molecule has 1 heterocycles. The van der Waals surface area contributed by atoms with Crippen molar-refractivity contribution in [2.24, 2.45) is 0 Å². The molecule has 0 aliphatic rings. The van der Waals surface area contributed by atoms with Crippen molar-refractivity contribution in [1.29, 1.82) is 0 Å². The second-order valence-corrected chi connectivity index (χ2v) is 8.03. The average Bonchev–Trinajstić information content (AvgIpc) is 3.22. The minimum Gasteiger partial charge on any atom is -0.495 e. The van der Waals surface area contributed by atoms with Crippen LogP contribution in [-0.4, -0.2) is 36.2 Å². The number of sulfonamides is 1. The molecule has 1 atom stereocenters. The summed E-state index contributed by atoms with van der Waals surface area (Å²) in [6.07, 6.45) is 3.02. The monoisotopic (exact) mass is 415 g/mol. The van der Waals surface area contributed by atoms with Crippen LogP contribution in [0.5, 0.6) is 5.75 Å². The van der Waals surface area contributed by atoms with E-state index in [0.29, 0.717) is 5.75 Å². The molecule has 0 aliphatic heterocycles. The van der Waals surface area contributed by atoms with Gasteiger partial charge in [-0.2, -0.15) is 5.10 Å². The SMILES string of the molecule is COc1ccc(S(=O)(=O)N[C@@H](C)c2ccc(-n3cncn3)cc2)cc1NC(C)=O. The van der Waals surface area contributed by atoms with Gasteiger partial charge in [-0.05, 0) is 42.8 Å². The van der Waals surface area contributed by atoms with Crippen molar-refractivity contribution < 1.29 is 17.9 Å². The van der Waals surface area contributed by atoms with E-state index in [1.807, 2.05) is 24.3 Å². The highest BCUT2D eigenvalue weighted by molar-refractivity contribution is 7.89. The second-order valence-electron chi connectivity index (χ2n) is 6.32. The van der Waals surface area contributed by atoms with Gasteiger partial charge in [0.15, 0.2) is 0 Å². The number of nitrogens with one attached hydrogen (secondary N) is 2. The van der Waals surface area contributed by atoms with Crippen LogP contribution in [0.25, 0.3) is 5.69 Å². The number of aromatic nitrogens is 3. The number of hydrogen-bond donors (Lipinski definition) is 2. The summed E-state index contributed by atoms with van der Waals surface area (Å²) in [4.78, 5) is 15.3. The number of methoxy groups -OCH3 is 1. The molecule has 0 fully saturated rings. The number of ether oxygens (including phenoxy) is 1. The third kappa shape index (κ3) is 4.79. The van der Waals surface area contributed by atoms with Crippen molar-refractivity contribution in [3.05, 3.63) is 60.7 Å². The normalized spacial score (nSPS) is 12.4. The fourth-order valence-corrected chi connectivity index (χ4v) is 4.03. The second kappa shape index (κ2) is 8.41. The van der Waals surface area contributed by atoms with E-state index in [0.717, 1.165) is 11.3 Å². The highest BCUT2D eigenvalue weighted by Crippen LogP contribution is 2.28. The molecular formula is C19H21N5O4S. The predicted molar refractivity (Wildman–Crippen MR) is 107 cm³/mol. The van der Waals surface area contributed by atoms with Crippen molar-refractivity contribution in [2.45, 2.75) is 24.8 Å². The molecular weight excluding hydrogens is 394 g/mol. The molecule has 3 aromatic rings. The van der Waals surface area contributed by atoms with Crippen LogP contribution in [0.4, 0.5) is 5.69 Å². The number of benzene rings is 2. The van der Waals surface area contributed by atoms with Crippen LogP contribution in [0.1, 0.15) is 25.5 Å². The van der Waals surface area contributed by atoms with Crippen LogP contribution in [0.15, 0.2) is 60.0 Å². The highest BCUT2D eigenvalue weighted by Gasteiger charge is 2.20. The van der Waals surface area contributed by atoms with Crippen LogP contribution in [0.2, 0.25) is 0 Å². The molecule has 0 bridgehead atoms. The first-order valence-corrected chi connectivity index (χ1v) is 10.2. The fourth-order valence-electron chi connectivity index (χ4n) is 2.77. The van der Waals surface area contributed by atoms with Gasteiger partial charge in [0, 0.05) is 13.0 Å². The van der Waals surface area contributed by atoms with Gasteiger partial charge in [-0.15, -0.1) is 0 Å². The summed E-state index contributed by atoms with van der Waals surface area (Å²) in [7, 11) is -2.39. The van der Waals surface area contributed by atoms with Crippen LogP contribution < -0.4 is 14.8 Å². The third-order valence-corrected chi connectivity index (χ3v) is 5.74. The first-order chi connectivity index (χ1) is 13.8. The predicted octanol–water partition coefficient (Wildman–Crippen LogP) is 2.27. The molecule has 1 aromatic heterocycles. The number of rotatable bonds is 7. The number of nitrogens with zero attached hydrogens (tertiary/aromatic N) is 3. The summed E-state index contributed by atoms with van der Waals surface area (Å²) in [6.45, 7) is 3.09. The molecule has 1 amide bonds. The highest BCUT2D eigenvalue weighted by atomic mass is 32.2. The van der Waals surface area contributed by atoms with Gasteiger partial charge in [0.25, 0.3) is 0 Å². The molecule has 29 heavy (non-hydrogen) atoms. The first kappa shape index (κ1) is 20.5. The van der Waals surface area contributed by atoms with Crippen LogP contribution >= 0.6 is 0 Å². The van der Waals surface area contributed by atoms with Gasteiger partial charge in [-0.1, -0.05) is 12.1 Å². The van der Waals surface area contributed by atoms with Gasteiger partial charge in [0.1, 0.15) is 18.4 Å². The van der Waals surface area contributed by atoms with Crippen molar-refractivity contribution in [3.8, 4) is 11.4 Å². The Balaban J connectivity index is 1.80. The smallest absolute Gasteiger partial charge is 0.241 e. The number of anilines is 1. The zero-order chi connectivity index (χ0) is 21.0. The summed E-state index contributed by atoms with van der Waals surface area (Å²) in [5.74, 6) is 0.0440. The zero-order valence-electron chi connectivity index (χ0n) is 16.2. The molecule has 10 heteroatoms. The molecule has 0 unspecified atom stereocenters. The maximum absolute atomic E-state index is 12.8. The number of carbonyl (C=O) groups is 1. The molecule has 2 N–H and O–H groups in total. The Morgan fingerprint density at radius 3 is 2.48 bits per heavy atom. The van der Waals surface area contributed by atoms with Gasteiger partial charge in [0.2, 0.25) is 15.9 Å². The van der Waals surface area contributed by atoms with E-state index in [9.17, 15) is 13.2 Å². The van der Waals surface area contributed by atoms with Crippen molar-refractivity contribution in [1.82, 2.24) is 19.5 Å². The molecule has 0 spiro atoms. The Hall–Kier alpha value is -3.24. The Bertz CT molecular complexity index is 1100. The molecule has 2 aromatic carbocycles.